The van der Waals surface area contributed by atoms with E-state index in [1.54, 1.807) is 30.3 Å². The zero-order chi connectivity index (χ0) is 18.1. The third-order valence-corrected chi connectivity index (χ3v) is 5.90. The Labute approximate surface area is 149 Å². The van der Waals surface area contributed by atoms with Gasteiger partial charge in [0.2, 0.25) is 0 Å². The minimum Gasteiger partial charge on any atom is -0.324 e. The van der Waals surface area contributed by atoms with Crippen LogP contribution in [-0.2, 0) is 21.1 Å². The van der Waals surface area contributed by atoms with Gasteiger partial charge in [-0.15, -0.1) is 0 Å². The summed E-state index contributed by atoms with van der Waals surface area (Å²) in [5.74, 6) is -0.359. The number of benzene rings is 2. The number of sulfone groups is 1. The molecule has 0 aliphatic rings. The predicted molar refractivity (Wildman–Crippen MR) is 101 cm³/mol. The summed E-state index contributed by atoms with van der Waals surface area (Å²) in [6, 6.07) is 18.7. The molecule has 0 saturated heterocycles. The maximum absolute atomic E-state index is 12.7. The second-order valence-corrected chi connectivity index (χ2v) is 8.06. The van der Waals surface area contributed by atoms with Crippen molar-refractivity contribution in [2.24, 2.45) is 5.73 Å². The Morgan fingerprint density at radius 2 is 1.56 bits per heavy atom. The second-order valence-electron chi connectivity index (χ2n) is 5.84. The minimum atomic E-state index is -3.50. The largest absolute Gasteiger partial charge is 0.324 e. The standard InChI is InChI=1S/C20H23NO3S/c21-16-19(22)15-20(18-12-5-2-6-13-18)25(23,24)14-8-7-11-17-9-3-1-4-10-17/h1-10,12-13,20H,11,14-16,21H2. The Hall–Kier alpha value is -2.24. The molecule has 132 valence electrons. The van der Waals surface area contributed by atoms with Crippen LogP contribution in [0, 0.1) is 0 Å². The maximum atomic E-state index is 12.7. The summed E-state index contributed by atoms with van der Waals surface area (Å²) in [7, 11) is -3.50. The first-order valence-electron chi connectivity index (χ1n) is 8.20. The van der Waals surface area contributed by atoms with Crippen molar-refractivity contribution in [3.63, 3.8) is 0 Å². The summed E-state index contributed by atoms with van der Waals surface area (Å²) in [5.41, 5.74) is 7.11. The van der Waals surface area contributed by atoms with Gasteiger partial charge in [0.05, 0.1) is 17.5 Å². The number of hydrogen-bond donors (Lipinski definition) is 1. The fourth-order valence-electron chi connectivity index (χ4n) is 2.56. The minimum absolute atomic E-state index is 0.0879. The van der Waals surface area contributed by atoms with Gasteiger partial charge < -0.3 is 5.73 Å². The Kier molecular flexibility index (Phi) is 7.10. The summed E-state index contributed by atoms with van der Waals surface area (Å²) in [6.45, 7) is -0.150. The molecule has 0 fully saturated rings. The first-order chi connectivity index (χ1) is 12.0. The second kappa shape index (κ2) is 9.30. The Morgan fingerprint density at radius 3 is 2.16 bits per heavy atom. The lowest BCUT2D eigenvalue weighted by Crippen LogP contribution is -2.23. The number of rotatable bonds is 9. The van der Waals surface area contributed by atoms with Crippen LogP contribution in [0.25, 0.3) is 0 Å². The number of hydrogen-bond acceptors (Lipinski definition) is 4. The van der Waals surface area contributed by atoms with Crippen LogP contribution in [-0.4, -0.2) is 26.5 Å². The Bertz CT molecular complexity index is 799. The number of carbonyl (C=O) groups excluding carboxylic acids is 1. The molecular formula is C20H23NO3S. The van der Waals surface area contributed by atoms with Crippen LogP contribution in [0.3, 0.4) is 0 Å². The quantitative estimate of drug-likeness (QED) is 0.700. The highest BCUT2D eigenvalue weighted by molar-refractivity contribution is 7.91. The van der Waals surface area contributed by atoms with E-state index in [-0.39, 0.29) is 24.5 Å². The molecule has 25 heavy (non-hydrogen) atoms. The van der Waals surface area contributed by atoms with Crippen molar-refractivity contribution >= 4 is 15.6 Å². The molecule has 0 aliphatic heterocycles. The molecule has 2 aromatic carbocycles. The average molecular weight is 357 g/mol. The number of Topliss-reactive ketones (excluding diaryl/α,β-unsaturated/α-hetero) is 1. The van der Waals surface area contributed by atoms with Crippen LogP contribution in [0.1, 0.15) is 22.8 Å². The monoisotopic (exact) mass is 357 g/mol. The van der Waals surface area contributed by atoms with E-state index < -0.39 is 15.1 Å². The number of carbonyl (C=O) groups is 1. The van der Waals surface area contributed by atoms with Crippen molar-refractivity contribution in [3.05, 3.63) is 83.9 Å². The third-order valence-electron chi connectivity index (χ3n) is 3.94. The number of allylic oxidation sites excluding steroid dienone is 1. The van der Waals surface area contributed by atoms with Gasteiger partial charge in [-0.1, -0.05) is 72.8 Å². The lowest BCUT2D eigenvalue weighted by molar-refractivity contribution is -0.117. The van der Waals surface area contributed by atoms with Crippen molar-refractivity contribution in [2.75, 3.05) is 12.3 Å². The van der Waals surface area contributed by atoms with Gasteiger partial charge in [0.1, 0.15) is 5.78 Å². The molecule has 2 N–H and O–H groups in total. The number of ketones is 1. The molecule has 4 nitrogen and oxygen atoms in total. The summed E-state index contributed by atoms with van der Waals surface area (Å²) in [6.07, 6.45) is 4.09. The molecule has 0 heterocycles. The summed E-state index contributed by atoms with van der Waals surface area (Å²) in [5, 5.41) is -0.855. The normalized spacial score (nSPS) is 13.0. The van der Waals surface area contributed by atoms with Crippen molar-refractivity contribution in [1.29, 1.82) is 0 Å². The SMILES string of the molecule is NCC(=O)CC(c1ccccc1)S(=O)(=O)CC=CCc1ccccc1. The van der Waals surface area contributed by atoms with Gasteiger partial charge in [0.25, 0.3) is 0 Å². The van der Waals surface area contributed by atoms with Gasteiger partial charge in [-0.05, 0) is 17.5 Å². The van der Waals surface area contributed by atoms with E-state index in [0.29, 0.717) is 12.0 Å². The van der Waals surface area contributed by atoms with E-state index in [9.17, 15) is 13.2 Å². The Morgan fingerprint density at radius 1 is 0.960 bits per heavy atom. The van der Waals surface area contributed by atoms with Gasteiger partial charge in [0, 0.05) is 6.42 Å². The lowest BCUT2D eigenvalue weighted by Gasteiger charge is -2.16. The van der Waals surface area contributed by atoms with E-state index in [0.717, 1.165) is 5.56 Å². The highest BCUT2D eigenvalue weighted by Crippen LogP contribution is 2.27. The topological polar surface area (TPSA) is 77.2 Å². The summed E-state index contributed by atoms with van der Waals surface area (Å²) < 4.78 is 25.5. The van der Waals surface area contributed by atoms with Gasteiger partial charge in [-0.25, -0.2) is 8.42 Å². The zero-order valence-electron chi connectivity index (χ0n) is 14.0. The summed E-state index contributed by atoms with van der Waals surface area (Å²) in [4.78, 5) is 11.7. The van der Waals surface area contributed by atoms with Gasteiger partial charge in [0.15, 0.2) is 9.84 Å². The molecule has 0 radical (unpaired) electrons. The number of nitrogens with two attached hydrogens (primary N) is 1. The highest BCUT2D eigenvalue weighted by Gasteiger charge is 2.28. The molecular weight excluding hydrogens is 334 g/mol. The van der Waals surface area contributed by atoms with Crippen LogP contribution in [0.15, 0.2) is 72.8 Å². The molecule has 0 aliphatic carbocycles. The molecule has 0 aromatic heterocycles. The smallest absolute Gasteiger partial charge is 0.161 e. The molecule has 1 atom stereocenters. The third kappa shape index (κ3) is 5.96. The maximum Gasteiger partial charge on any atom is 0.161 e. The summed E-state index contributed by atoms with van der Waals surface area (Å²) >= 11 is 0. The van der Waals surface area contributed by atoms with E-state index >= 15 is 0 Å². The van der Waals surface area contributed by atoms with Crippen molar-refractivity contribution in [3.8, 4) is 0 Å². The lowest BCUT2D eigenvalue weighted by atomic mass is 10.1. The van der Waals surface area contributed by atoms with Gasteiger partial charge in [-0.2, -0.15) is 0 Å². The van der Waals surface area contributed by atoms with Crippen LogP contribution in [0.5, 0.6) is 0 Å². The first kappa shape index (κ1) is 19.1. The fourth-order valence-corrected chi connectivity index (χ4v) is 4.21. The molecule has 2 rings (SSSR count). The van der Waals surface area contributed by atoms with E-state index in [1.165, 1.54) is 0 Å². The van der Waals surface area contributed by atoms with Crippen molar-refractivity contribution in [1.82, 2.24) is 0 Å². The molecule has 0 amide bonds. The first-order valence-corrected chi connectivity index (χ1v) is 9.91. The van der Waals surface area contributed by atoms with Crippen LogP contribution in [0.4, 0.5) is 0 Å². The van der Waals surface area contributed by atoms with E-state index in [2.05, 4.69) is 0 Å². The molecule has 2 aromatic rings. The van der Waals surface area contributed by atoms with Gasteiger partial charge in [-0.3, -0.25) is 4.79 Å². The molecule has 5 heteroatoms. The molecule has 0 bridgehead atoms. The Balaban J connectivity index is 2.10. The van der Waals surface area contributed by atoms with Crippen LogP contribution >= 0.6 is 0 Å². The van der Waals surface area contributed by atoms with Gasteiger partial charge >= 0.3 is 0 Å². The van der Waals surface area contributed by atoms with E-state index in [1.807, 2.05) is 42.5 Å². The van der Waals surface area contributed by atoms with E-state index in [4.69, 9.17) is 5.73 Å². The molecule has 0 saturated carbocycles. The van der Waals surface area contributed by atoms with Crippen molar-refractivity contribution in [2.45, 2.75) is 18.1 Å². The average Bonchev–Trinajstić information content (AvgIpc) is 2.64. The molecule has 0 spiro atoms. The fraction of sp³-hybridized carbons (Fsp3) is 0.250. The van der Waals surface area contributed by atoms with Crippen molar-refractivity contribution < 1.29 is 13.2 Å². The van der Waals surface area contributed by atoms with Crippen LogP contribution < -0.4 is 5.73 Å². The van der Waals surface area contributed by atoms with Crippen LogP contribution in [0.2, 0.25) is 0 Å². The highest BCUT2D eigenvalue weighted by atomic mass is 32.2. The zero-order valence-corrected chi connectivity index (χ0v) is 14.9. The molecule has 1 unspecified atom stereocenters. The predicted octanol–water partition coefficient (Wildman–Crippen LogP) is 2.86.